The van der Waals surface area contributed by atoms with Gasteiger partial charge >= 0.3 is 0 Å². The zero-order valence-corrected chi connectivity index (χ0v) is 11.8. The minimum atomic E-state index is 0. The molecule has 1 atom stereocenters. The van der Waals surface area contributed by atoms with Crippen LogP contribution >= 0.6 is 12.4 Å². The van der Waals surface area contributed by atoms with E-state index in [-0.39, 0.29) is 24.2 Å². The molecule has 4 heteroatoms. The molecule has 0 spiro atoms. The predicted molar refractivity (Wildman–Crippen MR) is 78.6 cm³/mol. The quantitative estimate of drug-likeness (QED) is 0.882. The number of fused-ring (bicyclic) bond motifs is 1. The molecule has 0 aromatic heterocycles. The molecule has 0 saturated heterocycles. The summed E-state index contributed by atoms with van der Waals surface area (Å²) in [6.07, 6.45) is 3.18. The summed E-state index contributed by atoms with van der Waals surface area (Å²) in [5.41, 5.74) is 3.40. The van der Waals surface area contributed by atoms with E-state index in [1.807, 2.05) is 26.0 Å². The van der Waals surface area contributed by atoms with E-state index in [0.717, 1.165) is 25.1 Å². The standard InChI is InChI=1S/C14H20N2O.ClH/c1-3-10(2)14(17)16-12-7-6-11-5-4-8-15-13(11)9-12;/h6-7,9-10,15H,3-5,8H2,1-2H3,(H,16,17);1H. The van der Waals surface area contributed by atoms with E-state index in [2.05, 4.69) is 16.7 Å². The number of anilines is 2. The fraction of sp³-hybridized carbons (Fsp3) is 0.500. The smallest absolute Gasteiger partial charge is 0.227 e. The van der Waals surface area contributed by atoms with Gasteiger partial charge in [0.2, 0.25) is 5.91 Å². The Morgan fingerprint density at radius 2 is 2.28 bits per heavy atom. The van der Waals surface area contributed by atoms with Crippen molar-refractivity contribution in [3.8, 4) is 0 Å². The lowest BCUT2D eigenvalue weighted by atomic mass is 10.0. The first kappa shape index (κ1) is 14.8. The molecule has 0 radical (unpaired) electrons. The molecule has 1 aromatic rings. The SMILES string of the molecule is CCC(C)C(=O)Nc1ccc2c(c1)NCCC2.Cl. The van der Waals surface area contributed by atoms with Gasteiger partial charge in [-0.3, -0.25) is 4.79 Å². The van der Waals surface area contributed by atoms with Crippen LogP contribution in [0.25, 0.3) is 0 Å². The molecule has 0 saturated carbocycles. The van der Waals surface area contributed by atoms with Gasteiger partial charge in [0.1, 0.15) is 0 Å². The van der Waals surface area contributed by atoms with Crippen molar-refractivity contribution in [1.82, 2.24) is 0 Å². The molecule has 0 bridgehead atoms. The van der Waals surface area contributed by atoms with Crippen molar-refractivity contribution in [2.24, 2.45) is 5.92 Å². The number of nitrogens with one attached hydrogen (secondary N) is 2. The van der Waals surface area contributed by atoms with Gasteiger partial charge in [-0.25, -0.2) is 0 Å². The lowest BCUT2D eigenvalue weighted by molar-refractivity contribution is -0.119. The van der Waals surface area contributed by atoms with Gasteiger partial charge < -0.3 is 10.6 Å². The van der Waals surface area contributed by atoms with Gasteiger partial charge in [0.15, 0.2) is 0 Å². The zero-order valence-electron chi connectivity index (χ0n) is 11.0. The molecular weight excluding hydrogens is 248 g/mol. The number of rotatable bonds is 3. The van der Waals surface area contributed by atoms with E-state index in [4.69, 9.17) is 0 Å². The van der Waals surface area contributed by atoms with Crippen molar-refractivity contribution >= 4 is 29.7 Å². The number of hydrogen-bond acceptors (Lipinski definition) is 2. The van der Waals surface area contributed by atoms with Crippen LogP contribution in [0.5, 0.6) is 0 Å². The number of amides is 1. The molecule has 1 amide bonds. The number of carbonyl (C=O) groups excluding carboxylic acids is 1. The Balaban J connectivity index is 0.00000162. The van der Waals surface area contributed by atoms with Crippen LogP contribution in [0.15, 0.2) is 18.2 Å². The first-order valence-electron chi connectivity index (χ1n) is 6.38. The second-order valence-electron chi connectivity index (χ2n) is 4.70. The molecule has 1 aliphatic rings. The molecule has 1 unspecified atom stereocenters. The highest BCUT2D eigenvalue weighted by Gasteiger charge is 2.13. The number of aryl methyl sites for hydroxylation is 1. The summed E-state index contributed by atoms with van der Waals surface area (Å²) in [5, 5.41) is 6.33. The van der Waals surface area contributed by atoms with E-state index in [9.17, 15) is 4.79 Å². The first-order valence-corrected chi connectivity index (χ1v) is 6.38. The molecule has 0 aliphatic carbocycles. The highest BCUT2D eigenvalue weighted by molar-refractivity contribution is 5.92. The van der Waals surface area contributed by atoms with Crippen molar-refractivity contribution in [1.29, 1.82) is 0 Å². The van der Waals surface area contributed by atoms with Gasteiger partial charge in [0.05, 0.1) is 0 Å². The summed E-state index contributed by atoms with van der Waals surface area (Å²) < 4.78 is 0. The fourth-order valence-electron chi connectivity index (χ4n) is 1.99. The summed E-state index contributed by atoms with van der Waals surface area (Å²) in [7, 11) is 0. The molecule has 0 fully saturated rings. The van der Waals surface area contributed by atoms with Crippen LogP contribution in [0, 0.1) is 5.92 Å². The van der Waals surface area contributed by atoms with E-state index >= 15 is 0 Å². The van der Waals surface area contributed by atoms with Gasteiger partial charge in [-0.05, 0) is 37.0 Å². The third-order valence-electron chi connectivity index (χ3n) is 3.38. The van der Waals surface area contributed by atoms with Gasteiger partial charge in [-0.15, -0.1) is 12.4 Å². The van der Waals surface area contributed by atoms with E-state index in [0.29, 0.717) is 0 Å². The monoisotopic (exact) mass is 268 g/mol. The Labute approximate surface area is 115 Å². The largest absolute Gasteiger partial charge is 0.385 e. The van der Waals surface area contributed by atoms with Crippen molar-refractivity contribution in [3.63, 3.8) is 0 Å². The topological polar surface area (TPSA) is 41.1 Å². The summed E-state index contributed by atoms with van der Waals surface area (Å²) >= 11 is 0. The first-order chi connectivity index (χ1) is 8.20. The van der Waals surface area contributed by atoms with Crippen molar-refractivity contribution in [2.75, 3.05) is 17.2 Å². The minimum Gasteiger partial charge on any atom is -0.385 e. The number of hydrogen-bond donors (Lipinski definition) is 2. The van der Waals surface area contributed by atoms with Crippen molar-refractivity contribution in [2.45, 2.75) is 33.1 Å². The Morgan fingerprint density at radius 3 is 3.00 bits per heavy atom. The Kier molecular flexibility index (Phi) is 5.48. The number of carbonyl (C=O) groups is 1. The summed E-state index contributed by atoms with van der Waals surface area (Å²) in [4.78, 5) is 11.8. The van der Waals surface area contributed by atoms with Crippen molar-refractivity contribution < 1.29 is 4.79 Å². The van der Waals surface area contributed by atoms with Gasteiger partial charge in [0, 0.05) is 23.8 Å². The second kappa shape index (κ2) is 6.64. The van der Waals surface area contributed by atoms with Gasteiger partial charge in [-0.1, -0.05) is 19.9 Å². The Bertz CT molecular complexity index is 420. The van der Waals surface area contributed by atoms with Crippen LogP contribution in [0.4, 0.5) is 11.4 Å². The molecule has 18 heavy (non-hydrogen) atoms. The second-order valence-corrected chi connectivity index (χ2v) is 4.70. The molecule has 3 nitrogen and oxygen atoms in total. The average molecular weight is 269 g/mol. The molecule has 1 aliphatic heterocycles. The number of benzene rings is 1. The normalized spacial score (nSPS) is 14.8. The lowest BCUT2D eigenvalue weighted by Crippen LogP contribution is -2.20. The molecule has 2 rings (SSSR count). The summed E-state index contributed by atoms with van der Waals surface area (Å²) in [5.74, 6) is 0.169. The minimum absolute atomic E-state index is 0. The molecule has 1 aromatic carbocycles. The fourth-order valence-corrected chi connectivity index (χ4v) is 1.99. The average Bonchev–Trinajstić information content (AvgIpc) is 2.37. The predicted octanol–water partition coefficient (Wildman–Crippen LogP) is 3.45. The van der Waals surface area contributed by atoms with Crippen LogP contribution in [0.2, 0.25) is 0 Å². The lowest BCUT2D eigenvalue weighted by Gasteiger charge is -2.19. The molecule has 100 valence electrons. The van der Waals surface area contributed by atoms with E-state index in [1.54, 1.807) is 0 Å². The molecule has 1 heterocycles. The maximum atomic E-state index is 11.8. The molecule has 2 N–H and O–H groups in total. The third kappa shape index (κ3) is 3.39. The third-order valence-corrected chi connectivity index (χ3v) is 3.38. The summed E-state index contributed by atoms with van der Waals surface area (Å²) in [6, 6.07) is 6.13. The Morgan fingerprint density at radius 1 is 1.50 bits per heavy atom. The van der Waals surface area contributed by atoms with Gasteiger partial charge in [0.25, 0.3) is 0 Å². The van der Waals surface area contributed by atoms with Crippen LogP contribution < -0.4 is 10.6 Å². The highest BCUT2D eigenvalue weighted by atomic mass is 35.5. The number of halogens is 1. The van der Waals surface area contributed by atoms with E-state index < -0.39 is 0 Å². The zero-order chi connectivity index (χ0) is 12.3. The maximum Gasteiger partial charge on any atom is 0.227 e. The van der Waals surface area contributed by atoms with Crippen molar-refractivity contribution in [3.05, 3.63) is 23.8 Å². The van der Waals surface area contributed by atoms with Crippen LogP contribution in [-0.4, -0.2) is 12.5 Å². The van der Waals surface area contributed by atoms with Crippen LogP contribution in [0.3, 0.4) is 0 Å². The van der Waals surface area contributed by atoms with Crippen LogP contribution in [-0.2, 0) is 11.2 Å². The van der Waals surface area contributed by atoms with Crippen LogP contribution in [0.1, 0.15) is 32.3 Å². The Hall–Kier alpha value is -1.22. The van der Waals surface area contributed by atoms with E-state index in [1.165, 1.54) is 17.7 Å². The highest BCUT2D eigenvalue weighted by Crippen LogP contribution is 2.25. The maximum absolute atomic E-state index is 11.8. The molecular formula is C14H21ClN2O. The van der Waals surface area contributed by atoms with Gasteiger partial charge in [-0.2, -0.15) is 0 Å². The summed E-state index contributed by atoms with van der Waals surface area (Å²) in [6.45, 7) is 5.00.